The van der Waals surface area contributed by atoms with Gasteiger partial charge in [-0.05, 0) is 62.2 Å². The van der Waals surface area contributed by atoms with Crippen LogP contribution >= 0.6 is 0 Å². The Hall–Kier alpha value is -1.44. The highest BCUT2D eigenvalue weighted by Crippen LogP contribution is 2.57. The molecule has 0 N–H and O–H groups in total. The van der Waals surface area contributed by atoms with Gasteiger partial charge in [0.05, 0.1) is 0 Å². The fraction of sp³-hybridized carbons (Fsp3) is 0.600. The van der Waals surface area contributed by atoms with Crippen molar-refractivity contribution in [1.29, 1.82) is 0 Å². The lowest BCUT2D eigenvalue weighted by Crippen LogP contribution is -2.41. The molecule has 0 bridgehead atoms. The number of carbonyl (C=O) groups is 2. The molecule has 2 nitrogen and oxygen atoms in total. The molecule has 0 aromatic carbocycles. The van der Waals surface area contributed by atoms with Crippen LogP contribution in [-0.2, 0) is 9.59 Å². The second-order valence-electron chi connectivity index (χ2n) is 7.90. The Bertz CT molecular complexity index is 609. The van der Waals surface area contributed by atoms with E-state index in [9.17, 15) is 9.59 Å². The molecular formula is C20H26O2. The summed E-state index contributed by atoms with van der Waals surface area (Å²) < 4.78 is 0. The van der Waals surface area contributed by atoms with E-state index in [1.807, 2.05) is 6.92 Å². The predicted molar refractivity (Wildman–Crippen MR) is 88.3 cm³/mol. The lowest BCUT2D eigenvalue weighted by atomic mass is 9.56. The summed E-state index contributed by atoms with van der Waals surface area (Å²) in [7, 11) is 0. The number of allylic oxidation sites excluding steroid dienone is 5. The Labute approximate surface area is 133 Å². The quantitative estimate of drug-likeness (QED) is 0.756. The largest absolute Gasteiger partial charge is 0.299 e. The van der Waals surface area contributed by atoms with Gasteiger partial charge in [-0.25, -0.2) is 0 Å². The minimum Gasteiger partial charge on any atom is -0.299 e. The van der Waals surface area contributed by atoms with E-state index in [0.29, 0.717) is 17.6 Å². The van der Waals surface area contributed by atoms with Crippen LogP contribution in [0.3, 0.4) is 0 Å². The van der Waals surface area contributed by atoms with Gasteiger partial charge in [0, 0.05) is 17.3 Å². The molecule has 0 spiro atoms. The van der Waals surface area contributed by atoms with E-state index in [1.54, 1.807) is 12.2 Å². The van der Waals surface area contributed by atoms with Gasteiger partial charge in [0.25, 0.3) is 0 Å². The van der Waals surface area contributed by atoms with Gasteiger partial charge in [0.1, 0.15) is 5.78 Å². The van der Waals surface area contributed by atoms with E-state index >= 15 is 0 Å². The SMILES string of the molecule is C=C(C)C1=CC(=O)C=C[C@]1(C)[C@H]1CC[C@]2(C)C(=O)CC[C@H]2C1. The molecule has 118 valence electrons. The molecule has 0 amide bonds. The molecule has 0 radical (unpaired) electrons. The summed E-state index contributed by atoms with van der Waals surface area (Å²) in [6.07, 6.45) is 10.5. The maximum atomic E-state index is 12.2. The van der Waals surface area contributed by atoms with E-state index in [0.717, 1.165) is 43.3 Å². The molecule has 0 aliphatic heterocycles. The number of Topliss-reactive ketones (excluding diaryl/α,β-unsaturated/α-hetero) is 1. The third-order valence-electron chi connectivity index (χ3n) is 6.61. The third kappa shape index (κ3) is 2.15. The van der Waals surface area contributed by atoms with Crippen LogP contribution in [0.15, 0.2) is 36.0 Å². The van der Waals surface area contributed by atoms with Crippen molar-refractivity contribution in [3.05, 3.63) is 36.0 Å². The number of hydrogen-bond acceptors (Lipinski definition) is 2. The number of fused-ring (bicyclic) bond motifs is 1. The standard InChI is InChI=1S/C20H26O2/c1-13(2)17-12-16(21)8-10-19(17,3)15-7-9-20(4)14(11-15)5-6-18(20)22/h8,10,12,14-15H,1,5-7,9,11H2,2-4H3/t14-,15-,19+,20-/m0/s1. The molecule has 3 rings (SSSR count). The summed E-state index contributed by atoms with van der Waals surface area (Å²) in [6, 6.07) is 0. The topological polar surface area (TPSA) is 34.1 Å². The van der Waals surface area contributed by atoms with Crippen molar-refractivity contribution in [3.63, 3.8) is 0 Å². The average Bonchev–Trinajstić information content (AvgIpc) is 2.77. The van der Waals surface area contributed by atoms with Gasteiger partial charge in [0.2, 0.25) is 0 Å². The van der Waals surface area contributed by atoms with Gasteiger partial charge >= 0.3 is 0 Å². The van der Waals surface area contributed by atoms with E-state index < -0.39 is 0 Å². The number of rotatable bonds is 2. The summed E-state index contributed by atoms with van der Waals surface area (Å²) in [5.74, 6) is 1.52. The van der Waals surface area contributed by atoms with Crippen LogP contribution < -0.4 is 0 Å². The fourth-order valence-electron chi connectivity index (χ4n) is 4.97. The molecule has 0 heterocycles. The van der Waals surface area contributed by atoms with E-state index in [-0.39, 0.29) is 16.6 Å². The smallest absolute Gasteiger partial charge is 0.178 e. The van der Waals surface area contributed by atoms with Crippen LogP contribution in [0.25, 0.3) is 0 Å². The van der Waals surface area contributed by atoms with Gasteiger partial charge < -0.3 is 0 Å². The Morgan fingerprint density at radius 3 is 2.64 bits per heavy atom. The molecule has 3 aliphatic carbocycles. The molecule has 0 unspecified atom stereocenters. The number of carbonyl (C=O) groups excluding carboxylic acids is 2. The summed E-state index contributed by atoms with van der Waals surface area (Å²) in [5.41, 5.74) is 1.86. The molecule has 2 heteroatoms. The van der Waals surface area contributed by atoms with Crippen LogP contribution in [0.1, 0.15) is 52.9 Å². The van der Waals surface area contributed by atoms with Crippen molar-refractivity contribution in [2.75, 3.05) is 0 Å². The zero-order chi connectivity index (χ0) is 16.1. The maximum absolute atomic E-state index is 12.2. The summed E-state index contributed by atoms with van der Waals surface area (Å²) in [6.45, 7) is 10.5. The van der Waals surface area contributed by atoms with Gasteiger partial charge in [0.15, 0.2) is 5.78 Å². The van der Waals surface area contributed by atoms with Crippen LogP contribution in [0, 0.1) is 22.7 Å². The average molecular weight is 298 g/mol. The van der Waals surface area contributed by atoms with Crippen molar-refractivity contribution in [3.8, 4) is 0 Å². The maximum Gasteiger partial charge on any atom is 0.178 e. The van der Waals surface area contributed by atoms with Crippen molar-refractivity contribution >= 4 is 11.6 Å². The summed E-state index contributed by atoms with van der Waals surface area (Å²) in [5, 5.41) is 0. The molecule has 2 fully saturated rings. The van der Waals surface area contributed by atoms with Crippen LogP contribution in [0.4, 0.5) is 0 Å². The van der Waals surface area contributed by atoms with Crippen molar-refractivity contribution in [2.24, 2.45) is 22.7 Å². The first-order valence-electron chi connectivity index (χ1n) is 8.42. The van der Waals surface area contributed by atoms with Gasteiger partial charge in [-0.15, -0.1) is 0 Å². The Morgan fingerprint density at radius 2 is 1.95 bits per heavy atom. The Balaban J connectivity index is 1.90. The van der Waals surface area contributed by atoms with Crippen molar-refractivity contribution in [1.82, 2.24) is 0 Å². The zero-order valence-corrected chi connectivity index (χ0v) is 13.9. The molecule has 0 aromatic rings. The van der Waals surface area contributed by atoms with Crippen LogP contribution in [0.2, 0.25) is 0 Å². The highest BCUT2D eigenvalue weighted by atomic mass is 16.1. The van der Waals surface area contributed by atoms with Crippen molar-refractivity contribution < 1.29 is 9.59 Å². The Kier molecular flexibility index (Phi) is 3.54. The minimum atomic E-state index is -0.118. The fourth-order valence-corrected chi connectivity index (χ4v) is 4.97. The van der Waals surface area contributed by atoms with Gasteiger partial charge in [-0.2, -0.15) is 0 Å². The Morgan fingerprint density at radius 1 is 1.23 bits per heavy atom. The number of hydrogen-bond donors (Lipinski definition) is 0. The lowest BCUT2D eigenvalue weighted by molar-refractivity contribution is -0.128. The summed E-state index contributed by atoms with van der Waals surface area (Å²) in [4.78, 5) is 24.0. The monoisotopic (exact) mass is 298 g/mol. The molecule has 3 aliphatic rings. The first kappa shape index (κ1) is 15.5. The second kappa shape index (κ2) is 5.04. The highest BCUT2D eigenvalue weighted by molar-refractivity contribution is 6.01. The second-order valence-corrected chi connectivity index (χ2v) is 7.90. The zero-order valence-electron chi connectivity index (χ0n) is 13.9. The first-order valence-corrected chi connectivity index (χ1v) is 8.42. The molecule has 0 aromatic heterocycles. The normalized spacial score (nSPS) is 41.3. The summed E-state index contributed by atoms with van der Waals surface area (Å²) >= 11 is 0. The highest BCUT2D eigenvalue weighted by Gasteiger charge is 2.52. The van der Waals surface area contributed by atoms with E-state index in [2.05, 4.69) is 26.5 Å². The first-order chi connectivity index (χ1) is 10.3. The van der Waals surface area contributed by atoms with Gasteiger partial charge in [-0.3, -0.25) is 9.59 Å². The molecular weight excluding hydrogens is 272 g/mol. The minimum absolute atomic E-state index is 0.0622. The van der Waals surface area contributed by atoms with Crippen molar-refractivity contribution in [2.45, 2.75) is 52.9 Å². The van der Waals surface area contributed by atoms with Crippen LogP contribution in [0.5, 0.6) is 0 Å². The van der Waals surface area contributed by atoms with E-state index in [4.69, 9.17) is 0 Å². The van der Waals surface area contributed by atoms with Gasteiger partial charge in [-0.1, -0.05) is 32.1 Å². The number of ketones is 2. The molecule has 4 atom stereocenters. The van der Waals surface area contributed by atoms with E-state index in [1.165, 1.54) is 0 Å². The molecule has 0 saturated heterocycles. The molecule has 2 saturated carbocycles. The third-order valence-corrected chi connectivity index (χ3v) is 6.61. The lowest BCUT2D eigenvalue weighted by Gasteiger charge is -2.47. The predicted octanol–water partition coefficient (Wildman–Crippen LogP) is 4.42. The molecule has 22 heavy (non-hydrogen) atoms. The van der Waals surface area contributed by atoms with Crippen LogP contribution in [-0.4, -0.2) is 11.6 Å².